The molecule has 6 nitrogen and oxygen atoms in total. The number of nitrogens with two attached hydrogens (primary N) is 1. The van der Waals surface area contributed by atoms with Crippen molar-refractivity contribution in [2.45, 2.75) is 19.4 Å². The van der Waals surface area contributed by atoms with E-state index in [1.807, 2.05) is 18.9 Å². The molecule has 1 heterocycles. The van der Waals surface area contributed by atoms with Gasteiger partial charge in [-0.1, -0.05) is 0 Å². The molecular formula is C9H18N4O2. The van der Waals surface area contributed by atoms with Gasteiger partial charge in [-0.05, 0) is 12.1 Å². The molecule has 2 N–H and O–H groups in total. The lowest BCUT2D eigenvalue weighted by Gasteiger charge is -2.10. The first-order chi connectivity index (χ1) is 7.21. The van der Waals surface area contributed by atoms with Crippen molar-refractivity contribution in [3.05, 3.63) is 5.89 Å². The second-order valence-corrected chi connectivity index (χ2v) is 3.30. The first-order valence-electron chi connectivity index (χ1n) is 4.97. The van der Waals surface area contributed by atoms with Crippen molar-refractivity contribution in [1.29, 1.82) is 0 Å². The van der Waals surface area contributed by atoms with Crippen LogP contribution in [0.2, 0.25) is 0 Å². The molecule has 1 unspecified atom stereocenters. The van der Waals surface area contributed by atoms with Crippen LogP contribution in [-0.2, 0) is 11.2 Å². The Morgan fingerprint density at radius 2 is 2.33 bits per heavy atom. The van der Waals surface area contributed by atoms with Gasteiger partial charge in [-0.2, -0.15) is 4.98 Å². The molecule has 0 saturated carbocycles. The van der Waals surface area contributed by atoms with Gasteiger partial charge in [0.05, 0.1) is 12.5 Å². The molecule has 0 fully saturated rings. The molecule has 0 aromatic carbocycles. The van der Waals surface area contributed by atoms with Crippen LogP contribution in [0.4, 0.5) is 5.95 Å². The predicted octanol–water partition coefficient (Wildman–Crippen LogP) is 0.0419. The molecule has 1 atom stereocenters. The van der Waals surface area contributed by atoms with Crippen molar-refractivity contribution in [2.75, 3.05) is 32.1 Å². The van der Waals surface area contributed by atoms with E-state index in [1.165, 1.54) is 0 Å². The minimum absolute atomic E-state index is 0.0646. The molecule has 0 aliphatic heterocycles. The molecule has 15 heavy (non-hydrogen) atoms. The molecule has 0 radical (unpaired) electrons. The summed E-state index contributed by atoms with van der Waals surface area (Å²) < 4.78 is 10.2. The third-order valence-corrected chi connectivity index (χ3v) is 2.27. The van der Waals surface area contributed by atoms with Crippen LogP contribution in [-0.4, -0.2) is 43.5 Å². The Hall–Kier alpha value is -1.14. The Balaban J connectivity index is 2.59. The summed E-state index contributed by atoms with van der Waals surface area (Å²) in [5, 5.41) is 3.85. The zero-order valence-corrected chi connectivity index (χ0v) is 9.43. The van der Waals surface area contributed by atoms with Crippen LogP contribution >= 0.6 is 0 Å². The highest BCUT2D eigenvalue weighted by molar-refractivity contribution is 5.25. The smallest absolute Gasteiger partial charge is 0.265 e. The van der Waals surface area contributed by atoms with Crippen molar-refractivity contribution < 1.29 is 9.26 Å². The Morgan fingerprint density at radius 1 is 1.60 bits per heavy atom. The van der Waals surface area contributed by atoms with Gasteiger partial charge in [-0.3, -0.25) is 0 Å². The molecule has 0 aliphatic carbocycles. The van der Waals surface area contributed by atoms with Gasteiger partial charge in [0.1, 0.15) is 0 Å². The van der Waals surface area contributed by atoms with E-state index in [1.54, 1.807) is 7.11 Å². The van der Waals surface area contributed by atoms with Gasteiger partial charge < -0.3 is 19.9 Å². The van der Waals surface area contributed by atoms with Crippen LogP contribution in [0.1, 0.15) is 12.8 Å². The van der Waals surface area contributed by atoms with E-state index >= 15 is 0 Å². The maximum absolute atomic E-state index is 5.50. The van der Waals surface area contributed by atoms with E-state index in [4.69, 9.17) is 15.0 Å². The predicted molar refractivity (Wildman–Crippen MR) is 56.8 cm³/mol. The van der Waals surface area contributed by atoms with Gasteiger partial charge in [0.25, 0.3) is 5.95 Å². The van der Waals surface area contributed by atoms with Crippen LogP contribution in [0.25, 0.3) is 0 Å². The van der Waals surface area contributed by atoms with E-state index in [0.717, 1.165) is 6.54 Å². The van der Waals surface area contributed by atoms with Crippen molar-refractivity contribution in [3.8, 4) is 0 Å². The quantitative estimate of drug-likeness (QED) is 0.720. The standard InChI is InChI=1S/C9H18N4O2/c1-4-13(2)9-11-8(15-12-9)5-7(6-10)14-3/h7H,4-6,10H2,1-3H3. The molecule has 6 heteroatoms. The topological polar surface area (TPSA) is 77.4 Å². The fourth-order valence-electron chi connectivity index (χ4n) is 1.08. The Bertz CT molecular complexity index is 285. The highest BCUT2D eigenvalue weighted by Crippen LogP contribution is 2.09. The van der Waals surface area contributed by atoms with E-state index in [9.17, 15) is 0 Å². The number of aromatic nitrogens is 2. The van der Waals surface area contributed by atoms with Crippen molar-refractivity contribution in [3.63, 3.8) is 0 Å². The third-order valence-electron chi connectivity index (χ3n) is 2.27. The minimum Gasteiger partial charge on any atom is -0.380 e. The summed E-state index contributed by atoms with van der Waals surface area (Å²) in [5.74, 6) is 1.15. The number of rotatable bonds is 6. The molecule has 0 saturated heterocycles. The van der Waals surface area contributed by atoms with Gasteiger partial charge in [-0.25, -0.2) is 0 Å². The number of methoxy groups -OCH3 is 1. The lowest BCUT2D eigenvalue weighted by atomic mass is 10.2. The third kappa shape index (κ3) is 3.17. The summed E-state index contributed by atoms with van der Waals surface area (Å²) in [6.07, 6.45) is 0.489. The zero-order chi connectivity index (χ0) is 11.3. The lowest BCUT2D eigenvalue weighted by molar-refractivity contribution is 0.102. The summed E-state index contributed by atoms with van der Waals surface area (Å²) in [4.78, 5) is 6.13. The van der Waals surface area contributed by atoms with E-state index in [0.29, 0.717) is 24.8 Å². The van der Waals surface area contributed by atoms with Crippen LogP contribution in [0.3, 0.4) is 0 Å². The lowest BCUT2D eigenvalue weighted by Crippen LogP contribution is -2.24. The second kappa shape index (κ2) is 5.67. The monoisotopic (exact) mass is 214 g/mol. The molecule has 86 valence electrons. The SMILES string of the molecule is CCN(C)c1noc(CC(CN)OC)n1. The Labute approximate surface area is 89.4 Å². The van der Waals surface area contributed by atoms with Crippen molar-refractivity contribution in [2.24, 2.45) is 5.73 Å². The average molecular weight is 214 g/mol. The number of hydrogen-bond acceptors (Lipinski definition) is 6. The Morgan fingerprint density at radius 3 is 2.87 bits per heavy atom. The fraction of sp³-hybridized carbons (Fsp3) is 0.778. The molecule has 1 rings (SSSR count). The highest BCUT2D eigenvalue weighted by atomic mass is 16.5. The highest BCUT2D eigenvalue weighted by Gasteiger charge is 2.13. The molecule has 0 spiro atoms. The number of anilines is 1. The zero-order valence-electron chi connectivity index (χ0n) is 9.43. The van der Waals surface area contributed by atoms with Crippen molar-refractivity contribution in [1.82, 2.24) is 10.1 Å². The molecule has 0 aliphatic rings. The summed E-state index contributed by atoms with van der Waals surface area (Å²) >= 11 is 0. The van der Waals surface area contributed by atoms with Crippen LogP contribution in [0.15, 0.2) is 4.52 Å². The molecule has 1 aromatic heterocycles. The van der Waals surface area contributed by atoms with E-state index in [-0.39, 0.29) is 6.10 Å². The minimum atomic E-state index is -0.0646. The van der Waals surface area contributed by atoms with Gasteiger partial charge >= 0.3 is 0 Å². The van der Waals surface area contributed by atoms with Crippen molar-refractivity contribution >= 4 is 5.95 Å². The summed E-state index contributed by atoms with van der Waals surface area (Å²) in [5.41, 5.74) is 5.50. The summed E-state index contributed by atoms with van der Waals surface area (Å²) in [6, 6.07) is 0. The molecule has 0 bridgehead atoms. The molecular weight excluding hydrogens is 196 g/mol. The number of hydrogen-bond donors (Lipinski definition) is 1. The largest absolute Gasteiger partial charge is 0.380 e. The van der Waals surface area contributed by atoms with Crippen LogP contribution < -0.4 is 10.6 Å². The molecule has 1 aromatic rings. The summed E-state index contributed by atoms with van der Waals surface area (Å²) in [6.45, 7) is 3.30. The second-order valence-electron chi connectivity index (χ2n) is 3.30. The maximum Gasteiger partial charge on any atom is 0.265 e. The van der Waals surface area contributed by atoms with E-state index in [2.05, 4.69) is 10.1 Å². The first-order valence-corrected chi connectivity index (χ1v) is 4.97. The van der Waals surface area contributed by atoms with Crippen LogP contribution in [0, 0.1) is 0 Å². The van der Waals surface area contributed by atoms with Crippen LogP contribution in [0.5, 0.6) is 0 Å². The Kier molecular flexibility index (Phi) is 4.51. The van der Waals surface area contributed by atoms with Gasteiger partial charge in [-0.15, -0.1) is 0 Å². The fourth-order valence-corrected chi connectivity index (χ4v) is 1.08. The van der Waals surface area contributed by atoms with Gasteiger partial charge in [0, 0.05) is 27.2 Å². The summed E-state index contributed by atoms with van der Waals surface area (Å²) in [7, 11) is 3.53. The maximum atomic E-state index is 5.50. The van der Waals surface area contributed by atoms with Gasteiger partial charge in [0.2, 0.25) is 5.89 Å². The van der Waals surface area contributed by atoms with Gasteiger partial charge in [0.15, 0.2) is 0 Å². The molecule has 0 amide bonds. The number of nitrogens with zero attached hydrogens (tertiary/aromatic N) is 3. The first kappa shape index (κ1) is 11.9. The van der Waals surface area contributed by atoms with E-state index < -0.39 is 0 Å². The average Bonchev–Trinajstić information content (AvgIpc) is 2.73. The number of ether oxygens (including phenoxy) is 1. The normalized spacial score (nSPS) is 12.8.